The molecule has 2 heterocycles. The molecule has 1 N–H and O–H groups in total. The highest BCUT2D eigenvalue weighted by atomic mass is 32.1. The summed E-state index contributed by atoms with van der Waals surface area (Å²) in [6.07, 6.45) is 2.18. The van der Waals surface area contributed by atoms with Crippen LogP contribution in [0.25, 0.3) is 0 Å². The maximum absolute atomic E-state index is 13.4. The van der Waals surface area contributed by atoms with E-state index in [0.29, 0.717) is 0 Å². The Hall–Kier alpha value is -1.39. The smallest absolute Gasteiger partial charge is 0.125 e. The molecule has 0 unspecified atom stereocenters. The lowest BCUT2D eigenvalue weighted by atomic mass is 10.2. The van der Waals surface area contributed by atoms with Crippen molar-refractivity contribution in [2.75, 3.05) is 18.0 Å². The zero-order chi connectivity index (χ0) is 14.7. The van der Waals surface area contributed by atoms with Gasteiger partial charge in [-0.25, -0.2) is 4.39 Å². The Balaban J connectivity index is 1.64. The van der Waals surface area contributed by atoms with Crippen LogP contribution in [-0.2, 0) is 19.5 Å². The quantitative estimate of drug-likeness (QED) is 0.813. The van der Waals surface area contributed by atoms with Crippen LogP contribution in [0.1, 0.15) is 28.7 Å². The molecule has 112 valence electrons. The van der Waals surface area contributed by atoms with Gasteiger partial charge in [0.2, 0.25) is 0 Å². The second-order valence-corrected chi connectivity index (χ2v) is 6.74. The summed E-state index contributed by atoms with van der Waals surface area (Å²) in [7, 11) is 0. The van der Waals surface area contributed by atoms with Crippen molar-refractivity contribution in [3.8, 4) is 0 Å². The predicted molar refractivity (Wildman–Crippen MR) is 87.5 cm³/mol. The van der Waals surface area contributed by atoms with Crippen molar-refractivity contribution in [1.82, 2.24) is 5.32 Å². The Morgan fingerprint density at radius 2 is 2.10 bits per heavy atom. The van der Waals surface area contributed by atoms with Crippen molar-refractivity contribution in [1.29, 1.82) is 0 Å². The van der Waals surface area contributed by atoms with E-state index < -0.39 is 0 Å². The highest BCUT2D eigenvalue weighted by molar-refractivity contribution is 7.12. The van der Waals surface area contributed by atoms with Crippen molar-refractivity contribution < 1.29 is 4.39 Å². The number of thiophene rings is 1. The van der Waals surface area contributed by atoms with Gasteiger partial charge in [-0.15, -0.1) is 11.3 Å². The number of halogens is 1. The molecule has 0 spiro atoms. The molecule has 0 atom stereocenters. The molecule has 0 aliphatic carbocycles. The first kappa shape index (κ1) is 14.5. The molecule has 1 aliphatic rings. The van der Waals surface area contributed by atoms with E-state index in [1.54, 1.807) is 12.1 Å². The first-order valence-corrected chi connectivity index (χ1v) is 8.39. The SMILES string of the molecule is CCCNCc1ccc(CN2CCc3ccc(F)cc32)s1. The summed E-state index contributed by atoms with van der Waals surface area (Å²) >= 11 is 1.85. The summed E-state index contributed by atoms with van der Waals surface area (Å²) in [5.41, 5.74) is 2.33. The number of fused-ring (bicyclic) bond motifs is 1. The Kier molecular flexibility index (Phi) is 4.56. The zero-order valence-corrected chi connectivity index (χ0v) is 13.2. The summed E-state index contributed by atoms with van der Waals surface area (Å²) in [5.74, 6) is -0.142. The van der Waals surface area contributed by atoms with Crippen LogP contribution in [0.4, 0.5) is 10.1 Å². The Bertz CT molecular complexity index is 609. The van der Waals surface area contributed by atoms with Crippen molar-refractivity contribution in [2.45, 2.75) is 32.9 Å². The number of benzene rings is 1. The predicted octanol–water partition coefficient (Wildman–Crippen LogP) is 3.95. The van der Waals surface area contributed by atoms with Crippen LogP contribution in [-0.4, -0.2) is 13.1 Å². The molecule has 0 saturated carbocycles. The van der Waals surface area contributed by atoms with Crippen LogP contribution < -0.4 is 10.2 Å². The first-order valence-electron chi connectivity index (χ1n) is 7.58. The van der Waals surface area contributed by atoms with E-state index in [2.05, 4.69) is 29.3 Å². The summed E-state index contributed by atoms with van der Waals surface area (Å²) < 4.78 is 13.4. The van der Waals surface area contributed by atoms with E-state index in [4.69, 9.17) is 0 Å². The third kappa shape index (κ3) is 3.44. The minimum absolute atomic E-state index is 0.142. The molecular formula is C17H21FN2S. The van der Waals surface area contributed by atoms with Gasteiger partial charge in [0, 0.05) is 28.5 Å². The summed E-state index contributed by atoms with van der Waals surface area (Å²) in [6.45, 7) is 6.06. The van der Waals surface area contributed by atoms with E-state index in [1.165, 1.54) is 15.3 Å². The van der Waals surface area contributed by atoms with Gasteiger partial charge in [-0.05, 0) is 49.2 Å². The molecule has 0 amide bonds. The fraction of sp³-hybridized carbons (Fsp3) is 0.412. The van der Waals surface area contributed by atoms with Crippen LogP contribution in [0.3, 0.4) is 0 Å². The number of hydrogen-bond acceptors (Lipinski definition) is 3. The Morgan fingerprint density at radius 3 is 2.95 bits per heavy atom. The van der Waals surface area contributed by atoms with Gasteiger partial charge < -0.3 is 10.2 Å². The van der Waals surface area contributed by atoms with Crippen molar-refractivity contribution in [3.63, 3.8) is 0 Å². The second-order valence-electron chi connectivity index (χ2n) is 5.49. The van der Waals surface area contributed by atoms with Gasteiger partial charge in [-0.3, -0.25) is 0 Å². The van der Waals surface area contributed by atoms with E-state index in [1.807, 2.05) is 17.4 Å². The molecule has 0 bridgehead atoms. The molecule has 0 fully saturated rings. The number of nitrogens with one attached hydrogen (secondary N) is 1. The van der Waals surface area contributed by atoms with Crippen LogP contribution in [0.15, 0.2) is 30.3 Å². The van der Waals surface area contributed by atoms with Gasteiger partial charge in [0.15, 0.2) is 0 Å². The van der Waals surface area contributed by atoms with Crippen molar-refractivity contribution in [2.24, 2.45) is 0 Å². The number of hydrogen-bond donors (Lipinski definition) is 1. The molecule has 1 aliphatic heterocycles. The zero-order valence-electron chi connectivity index (χ0n) is 12.4. The lowest BCUT2D eigenvalue weighted by Gasteiger charge is -2.18. The Labute approximate surface area is 129 Å². The van der Waals surface area contributed by atoms with E-state index in [-0.39, 0.29) is 5.82 Å². The highest BCUT2D eigenvalue weighted by Gasteiger charge is 2.20. The fourth-order valence-electron chi connectivity index (χ4n) is 2.76. The van der Waals surface area contributed by atoms with Gasteiger partial charge in [0.05, 0.1) is 6.54 Å². The van der Waals surface area contributed by atoms with Crippen molar-refractivity contribution >= 4 is 17.0 Å². The van der Waals surface area contributed by atoms with Gasteiger partial charge >= 0.3 is 0 Å². The van der Waals surface area contributed by atoms with Crippen LogP contribution >= 0.6 is 11.3 Å². The average molecular weight is 304 g/mol. The minimum atomic E-state index is -0.142. The lowest BCUT2D eigenvalue weighted by Crippen LogP contribution is -2.19. The van der Waals surface area contributed by atoms with E-state index in [9.17, 15) is 4.39 Å². The minimum Gasteiger partial charge on any atom is -0.366 e. The largest absolute Gasteiger partial charge is 0.366 e. The molecular weight excluding hydrogens is 283 g/mol. The summed E-state index contributed by atoms with van der Waals surface area (Å²) in [4.78, 5) is 5.01. The molecule has 21 heavy (non-hydrogen) atoms. The maximum Gasteiger partial charge on any atom is 0.125 e. The summed E-state index contributed by atoms with van der Waals surface area (Å²) in [5, 5.41) is 3.43. The number of nitrogens with zero attached hydrogens (tertiary/aromatic N) is 1. The van der Waals surface area contributed by atoms with E-state index >= 15 is 0 Å². The molecule has 0 radical (unpaired) electrons. The summed E-state index contributed by atoms with van der Waals surface area (Å²) in [6, 6.07) is 9.54. The Morgan fingerprint density at radius 1 is 1.24 bits per heavy atom. The molecule has 3 rings (SSSR count). The number of rotatable bonds is 6. The molecule has 2 nitrogen and oxygen atoms in total. The molecule has 1 aromatic carbocycles. The molecule has 1 aromatic heterocycles. The highest BCUT2D eigenvalue weighted by Crippen LogP contribution is 2.31. The standard InChI is InChI=1S/C17H21FN2S/c1-2-8-19-11-15-5-6-16(21-15)12-20-9-7-13-3-4-14(18)10-17(13)20/h3-6,10,19H,2,7-9,11-12H2,1H3. The molecule has 0 saturated heterocycles. The van der Waals surface area contributed by atoms with Crippen LogP contribution in [0.2, 0.25) is 0 Å². The van der Waals surface area contributed by atoms with Gasteiger partial charge in [-0.1, -0.05) is 13.0 Å². The second kappa shape index (κ2) is 6.58. The topological polar surface area (TPSA) is 15.3 Å². The normalized spacial score (nSPS) is 13.7. The third-order valence-corrected chi connectivity index (χ3v) is 4.90. The maximum atomic E-state index is 13.4. The number of anilines is 1. The van der Waals surface area contributed by atoms with Crippen molar-refractivity contribution in [3.05, 3.63) is 51.5 Å². The molecule has 4 heteroatoms. The van der Waals surface area contributed by atoms with Gasteiger partial charge in [0.25, 0.3) is 0 Å². The monoisotopic (exact) mass is 304 g/mol. The lowest BCUT2D eigenvalue weighted by molar-refractivity contribution is 0.627. The van der Waals surface area contributed by atoms with Crippen LogP contribution in [0, 0.1) is 5.82 Å². The van der Waals surface area contributed by atoms with Crippen LogP contribution in [0.5, 0.6) is 0 Å². The molecule has 2 aromatic rings. The first-order chi connectivity index (χ1) is 10.3. The van der Waals surface area contributed by atoms with Gasteiger partial charge in [0.1, 0.15) is 5.82 Å². The van der Waals surface area contributed by atoms with Gasteiger partial charge in [-0.2, -0.15) is 0 Å². The van der Waals surface area contributed by atoms with E-state index in [0.717, 1.165) is 44.7 Å². The fourth-order valence-corrected chi connectivity index (χ4v) is 3.77. The third-order valence-electron chi connectivity index (χ3n) is 3.83. The average Bonchev–Trinajstić information content (AvgIpc) is 3.07.